The Morgan fingerprint density at radius 1 is 1.19 bits per heavy atom. The highest BCUT2D eigenvalue weighted by atomic mass is 35.5. The van der Waals surface area contributed by atoms with Crippen LogP contribution < -0.4 is 16.0 Å². The van der Waals surface area contributed by atoms with E-state index in [-0.39, 0.29) is 12.0 Å². The molecule has 10 nitrogen and oxygen atoms in total. The number of hydrogen-bond acceptors (Lipinski definition) is 10. The van der Waals surface area contributed by atoms with Crippen molar-refractivity contribution in [2.45, 2.75) is 90.4 Å². The summed E-state index contributed by atoms with van der Waals surface area (Å²) in [6, 6.07) is 11.0. The van der Waals surface area contributed by atoms with Gasteiger partial charge in [0.25, 0.3) is 0 Å². The number of carbonyl (C=O) groups excluding carboxylic acids is 1. The molecule has 2 aromatic heterocycles. The second-order valence-corrected chi connectivity index (χ2v) is 11.7. The van der Waals surface area contributed by atoms with Crippen LogP contribution in [0.25, 0.3) is 11.3 Å². The van der Waals surface area contributed by atoms with Crippen molar-refractivity contribution in [2.75, 3.05) is 44.1 Å². The molecule has 0 aliphatic heterocycles. The van der Waals surface area contributed by atoms with Gasteiger partial charge in [-0.2, -0.15) is 5.26 Å². The minimum atomic E-state index is -0.565. The maximum absolute atomic E-state index is 11.8. The predicted molar refractivity (Wildman–Crippen MR) is 170 cm³/mol. The summed E-state index contributed by atoms with van der Waals surface area (Å²) in [5.41, 5.74) is 1.01. The predicted octanol–water partition coefficient (Wildman–Crippen LogP) is 5.83. The Labute approximate surface area is 261 Å². The molecule has 2 aromatic rings. The maximum Gasteiger partial charge on any atom is 0.334 e. The van der Waals surface area contributed by atoms with Gasteiger partial charge in [-0.15, -0.1) is 0 Å². The van der Waals surface area contributed by atoms with E-state index in [1.807, 2.05) is 31.2 Å². The SMILES string of the molecule is CCOC(=O)[C@H](C)OC[C@H](C)N[C@H]1CC[C@H](Nc2cc(-c3cccc(NCC(C#N)(CC)CCOC)n3)c(Cl)cn2)CC1. The number of anilines is 2. The highest BCUT2D eigenvalue weighted by Gasteiger charge is 2.28. The third kappa shape index (κ3) is 10.6. The van der Waals surface area contributed by atoms with Gasteiger partial charge in [-0.05, 0) is 77.5 Å². The van der Waals surface area contributed by atoms with Crippen molar-refractivity contribution in [3.63, 3.8) is 0 Å². The quantitative estimate of drug-likeness (QED) is 0.187. The normalized spacial score (nSPS) is 19.5. The molecule has 1 aliphatic rings. The third-order valence-corrected chi connectivity index (χ3v) is 8.30. The summed E-state index contributed by atoms with van der Waals surface area (Å²) in [4.78, 5) is 21.1. The van der Waals surface area contributed by atoms with Crippen molar-refractivity contribution in [1.82, 2.24) is 15.3 Å². The van der Waals surface area contributed by atoms with Crippen molar-refractivity contribution >= 4 is 29.2 Å². The van der Waals surface area contributed by atoms with E-state index in [0.717, 1.165) is 42.8 Å². The number of methoxy groups -OCH3 is 1. The maximum atomic E-state index is 11.8. The fourth-order valence-electron chi connectivity index (χ4n) is 5.20. The first-order valence-electron chi connectivity index (χ1n) is 15.3. The number of hydrogen-bond donors (Lipinski definition) is 3. The van der Waals surface area contributed by atoms with Gasteiger partial charge in [0.1, 0.15) is 11.6 Å². The van der Waals surface area contributed by atoms with E-state index in [2.05, 4.69) is 33.9 Å². The van der Waals surface area contributed by atoms with Crippen LogP contribution in [0.15, 0.2) is 30.5 Å². The van der Waals surface area contributed by atoms with Crippen LogP contribution in [0, 0.1) is 16.7 Å². The molecule has 3 rings (SSSR count). The molecule has 1 fully saturated rings. The van der Waals surface area contributed by atoms with Gasteiger partial charge in [-0.25, -0.2) is 14.8 Å². The summed E-state index contributed by atoms with van der Waals surface area (Å²) >= 11 is 6.57. The number of aromatic nitrogens is 2. The largest absolute Gasteiger partial charge is 0.464 e. The van der Waals surface area contributed by atoms with E-state index in [1.54, 1.807) is 27.2 Å². The zero-order chi connectivity index (χ0) is 31.2. The number of pyridine rings is 2. The Morgan fingerprint density at radius 3 is 2.60 bits per heavy atom. The van der Waals surface area contributed by atoms with Gasteiger partial charge >= 0.3 is 5.97 Å². The number of nitriles is 1. The number of nitrogens with zero attached hydrogens (tertiary/aromatic N) is 3. The van der Waals surface area contributed by atoms with E-state index in [1.165, 1.54) is 0 Å². The molecule has 1 aliphatic carbocycles. The smallest absolute Gasteiger partial charge is 0.334 e. The third-order valence-electron chi connectivity index (χ3n) is 8.00. The van der Waals surface area contributed by atoms with Crippen molar-refractivity contribution < 1.29 is 19.0 Å². The average Bonchev–Trinajstić information content (AvgIpc) is 3.02. The van der Waals surface area contributed by atoms with Gasteiger partial charge in [0.2, 0.25) is 0 Å². The number of esters is 1. The fraction of sp³-hybridized carbons (Fsp3) is 0.625. The summed E-state index contributed by atoms with van der Waals surface area (Å²) in [6.45, 7) is 9.42. The zero-order valence-electron chi connectivity index (χ0n) is 26.1. The lowest BCUT2D eigenvalue weighted by Crippen LogP contribution is -2.43. The fourth-order valence-corrected chi connectivity index (χ4v) is 5.40. The molecule has 0 spiro atoms. The first kappa shape index (κ1) is 34.5. The Hall–Kier alpha value is -2.97. The minimum Gasteiger partial charge on any atom is -0.464 e. The highest BCUT2D eigenvalue weighted by molar-refractivity contribution is 6.33. The van der Waals surface area contributed by atoms with E-state index < -0.39 is 11.5 Å². The molecule has 0 bridgehead atoms. The van der Waals surface area contributed by atoms with E-state index in [9.17, 15) is 10.1 Å². The molecule has 43 heavy (non-hydrogen) atoms. The number of halogens is 1. The lowest BCUT2D eigenvalue weighted by atomic mass is 9.83. The monoisotopic (exact) mass is 614 g/mol. The van der Waals surface area contributed by atoms with Crippen LogP contribution in [-0.2, 0) is 19.0 Å². The van der Waals surface area contributed by atoms with Crippen molar-refractivity contribution in [3.8, 4) is 17.3 Å². The van der Waals surface area contributed by atoms with Crippen LogP contribution in [0.3, 0.4) is 0 Å². The second kappa shape index (κ2) is 17.4. The Bertz CT molecular complexity index is 1200. The van der Waals surface area contributed by atoms with Crippen LogP contribution in [0.2, 0.25) is 5.02 Å². The lowest BCUT2D eigenvalue weighted by molar-refractivity contribution is -0.155. The van der Waals surface area contributed by atoms with Crippen molar-refractivity contribution in [3.05, 3.63) is 35.5 Å². The van der Waals surface area contributed by atoms with Gasteiger partial charge in [-0.3, -0.25) is 0 Å². The van der Waals surface area contributed by atoms with Gasteiger partial charge in [-0.1, -0.05) is 24.6 Å². The molecule has 2 heterocycles. The van der Waals surface area contributed by atoms with Crippen LogP contribution in [0.5, 0.6) is 0 Å². The van der Waals surface area contributed by atoms with Crippen molar-refractivity contribution in [2.24, 2.45) is 5.41 Å². The zero-order valence-corrected chi connectivity index (χ0v) is 26.9. The lowest BCUT2D eigenvalue weighted by Gasteiger charge is -2.32. The Kier molecular flexibility index (Phi) is 13.9. The van der Waals surface area contributed by atoms with Gasteiger partial charge in [0.05, 0.1) is 35.4 Å². The molecular weight excluding hydrogens is 568 g/mol. The van der Waals surface area contributed by atoms with Gasteiger partial charge < -0.3 is 30.2 Å². The summed E-state index contributed by atoms with van der Waals surface area (Å²) in [6.07, 6.45) is 6.52. The topological polar surface area (TPSA) is 130 Å². The summed E-state index contributed by atoms with van der Waals surface area (Å²) in [7, 11) is 1.65. The number of ether oxygens (including phenoxy) is 3. The van der Waals surface area contributed by atoms with Gasteiger partial charge in [0, 0.05) is 50.1 Å². The Balaban J connectivity index is 1.54. The molecule has 3 N–H and O–H groups in total. The summed E-state index contributed by atoms with van der Waals surface area (Å²) in [5.74, 6) is 1.12. The number of carbonyl (C=O) groups is 1. The molecule has 0 saturated heterocycles. The molecular formula is C32H47ClN6O4. The first-order valence-corrected chi connectivity index (χ1v) is 15.7. The molecule has 0 radical (unpaired) electrons. The van der Waals surface area contributed by atoms with E-state index in [0.29, 0.717) is 62.1 Å². The molecule has 236 valence electrons. The molecule has 1 saturated carbocycles. The molecule has 11 heteroatoms. The molecule has 0 amide bonds. The molecule has 0 aromatic carbocycles. The van der Waals surface area contributed by atoms with Crippen LogP contribution in [0.1, 0.15) is 66.2 Å². The highest BCUT2D eigenvalue weighted by Crippen LogP contribution is 2.31. The standard InChI is InChI=1S/C32H47ClN6O4/c1-6-32(20-34,15-16-41-5)21-36-29-10-8-9-28(39-29)26-17-30(35-18-27(26)33)38-25-13-11-24(12-14-25)37-22(3)19-43-23(4)31(40)42-7-2/h8-10,17-18,22-25,37H,6-7,11-16,19,21H2,1-5H3,(H,35,38)(H,36,39)/t22-,23-,24-,25-,32?/m0/s1. The Morgan fingerprint density at radius 2 is 1.93 bits per heavy atom. The number of rotatable bonds is 17. The van der Waals surface area contributed by atoms with E-state index in [4.69, 9.17) is 30.8 Å². The summed E-state index contributed by atoms with van der Waals surface area (Å²) < 4.78 is 15.9. The first-order chi connectivity index (χ1) is 20.7. The van der Waals surface area contributed by atoms with Crippen LogP contribution in [-0.4, -0.2) is 73.6 Å². The van der Waals surface area contributed by atoms with Gasteiger partial charge in [0.15, 0.2) is 6.10 Å². The number of nitrogens with one attached hydrogen (secondary N) is 3. The average molecular weight is 615 g/mol. The van der Waals surface area contributed by atoms with Crippen LogP contribution >= 0.6 is 11.6 Å². The summed E-state index contributed by atoms with van der Waals surface area (Å²) in [5, 5.41) is 20.9. The van der Waals surface area contributed by atoms with Crippen LogP contribution in [0.4, 0.5) is 11.6 Å². The molecule has 3 atom stereocenters. The minimum absolute atomic E-state index is 0.133. The second-order valence-electron chi connectivity index (χ2n) is 11.3. The molecule has 1 unspecified atom stereocenters. The van der Waals surface area contributed by atoms with E-state index >= 15 is 0 Å². The van der Waals surface area contributed by atoms with Crippen molar-refractivity contribution in [1.29, 1.82) is 5.26 Å².